The molecule has 1 unspecified atom stereocenters. The van der Waals surface area contributed by atoms with Crippen LogP contribution in [-0.2, 0) is 6.54 Å². The van der Waals surface area contributed by atoms with Crippen molar-refractivity contribution in [3.63, 3.8) is 0 Å². The van der Waals surface area contributed by atoms with Crippen molar-refractivity contribution in [1.82, 2.24) is 4.90 Å². The highest BCUT2D eigenvalue weighted by Gasteiger charge is 2.10. The summed E-state index contributed by atoms with van der Waals surface area (Å²) >= 11 is 5.91. The molecule has 1 atom stereocenters. The number of rotatable bonds is 4. The zero-order valence-corrected chi connectivity index (χ0v) is 9.76. The zero-order valence-electron chi connectivity index (χ0n) is 9.00. The standard InChI is InChI=1S/C11H16ClFN2/c1-8(14)6-15(2)7-9-10(12)4-3-5-11(9)13/h3-5,8H,6-7,14H2,1-2H3. The number of nitrogens with two attached hydrogens (primary N) is 1. The SMILES string of the molecule is CC(N)CN(C)Cc1c(F)cccc1Cl. The van der Waals surface area contributed by atoms with E-state index in [0.717, 1.165) is 0 Å². The Labute approximate surface area is 94.8 Å². The first kappa shape index (κ1) is 12.4. The van der Waals surface area contributed by atoms with Crippen LogP contribution < -0.4 is 5.73 Å². The largest absolute Gasteiger partial charge is 0.327 e. The molecule has 0 spiro atoms. The van der Waals surface area contributed by atoms with Crippen LogP contribution >= 0.6 is 11.6 Å². The van der Waals surface area contributed by atoms with Gasteiger partial charge in [-0.05, 0) is 26.1 Å². The minimum atomic E-state index is -0.265. The second kappa shape index (κ2) is 5.45. The molecule has 4 heteroatoms. The van der Waals surface area contributed by atoms with E-state index in [0.29, 0.717) is 23.7 Å². The normalized spacial score (nSPS) is 13.2. The van der Waals surface area contributed by atoms with Crippen molar-refractivity contribution in [2.75, 3.05) is 13.6 Å². The molecule has 1 aromatic carbocycles. The molecule has 1 rings (SSSR count). The summed E-state index contributed by atoms with van der Waals surface area (Å²) in [6.45, 7) is 3.11. The van der Waals surface area contributed by atoms with Gasteiger partial charge in [0, 0.05) is 29.7 Å². The van der Waals surface area contributed by atoms with E-state index < -0.39 is 0 Å². The molecule has 0 amide bonds. The van der Waals surface area contributed by atoms with Crippen molar-refractivity contribution in [2.24, 2.45) is 5.73 Å². The molecule has 0 aliphatic carbocycles. The molecule has 15 heavy (non-hydrogen) atoms. The molecule has 0 saturated heterocycles. The molecule has 0 aromatic heterocycles. The van der Waals surface area contributed by atoms with Crippen LogP contribution in [0.4, 0.5) is 4.39 Å². The van der Waals surface area contributed by atoms with Crippen molar-refractivity contribution < 1.29 is 4.39 Å². The monoisotopic (exact) mass is 230 g/mol. The lowest BCUT2D eigenvalue weighted by molar-refractivity contribution is 0.305. The maximum atomic E-state index is 13.4. The molecule has 0 heterocycles. The Balaban J connectivity index is 2.71. The number of hydrogen-bond acceptors (Lipinski definition) is 2. The average molecular weight is 231 g/mol. The maximum Gasteiger partial charge on any atom is 0.129 e. The summed E-state index contributed by atoms with van der Waals surface area (Å²) in [5, 5.41) is 0.464. The molecule has 0 bridgehead atoms. The Bertz CT molecular complexity index is 308. The van der Waals surface area contributed by atoms with Crippen LogP contribution in [0.25, 0.3) is 0 Å². The Kier molecular flexibility index (Phi) is 4.51. The van der Waals surface area contributed by atoms with Gasteiger partial charge in [0.25, 0.3) is 0 Å². The molecular formula is C11H16ClFN2. The minimum absolute atomic E-state index is 0.0700. The molecule has 0 aliphatic heterocycles. The van der Waals surface area contributed by atoms with E-state index >= 15 is 0 Å². The van der Waals surface area contributed by atoms with Crippen LogP contribution in [0.5, 0.6) is 0 Å². The van der Waals surface area contributed by atoms with Crippen molar-refractivity contribution in [1.29, 1.82) is 0 Å². The fraction of sp³-hybridized carbons (Fsp3) is 0.455. The maximum absolute atomic E-state index is 13.4. The van der Waals surface area contributed by atoms with Gasteiger partial charge in [-0.3, -0.25) is 0 Å². The number of halogens is 2. The molecule has 2 N–H and O–H groups in total. The quantitative estimate of drug-likeness (QED) is 0.860. The molecule has 84 valence electrons. The van der Waals surface area contributed by atoms with Gasteiger partial charge in [-0.2, -0.15) is 0 Å². The van der Waals surface area contributed by atoms with Crippen LogP contribution in [0.15, 0.2) is 18.2 Å². The highest BCUT2D eigenvalue weighted by molar-refractivity contribution is 6.31. The van der Waals surface area contributed by atoms with Crippen LogP contribution in [0.1, 0.15) is 12.5 Å². The first-order valence-corrected chi connectivity index (χ1v) is 5.25. The predicted octanol–water partition coefficient (Wildman–Crippen LogP) is 2.26. The van der Waals surface area contributed by atoms with Gasteiger partial charge in [0.1, 0.15) is 5.82 Å². The van der Waals surface area contributed by atoms with Gasteiger partial charge in [0.05, 0.1) is 0 Å². The van der Waals surface area contributed by atoms with E-state index in [1.165, 1.54) is 6.07 Å². The molecule has 0 saturated carbocycles. The number of nitrogens with zero attached hydrogens (tertiary/aromatic N) is 1. The Morgan fingerprint density at radius 3 is 2.73 bits per heavy atom. The zero-order chi connectivity index (χ0) is 11.4. The first-order chi connectivity index (χ1) is 7.00. The van der Waals surface area contributed by atoms with Crippen molar-refractivity contribution >= 4 is 11.6 Å². The second-order valence-electron chi connectivity index (χ2n) is 3.87. The number of likely N-dealkylation sites (N-methyl/N-ethyl adjacent to an activating group) is 1. The third-order valence-electron chi connectivity index (χ3n) is 2.09. The average Bonchev–Trinajstić information content (AvgIpc) is 2.10. The molecule has 0 aliphatic rings. The van der Waals surface area contributed by atoms with E-state index in [1.54, 1.807) is 12.1 Å². The van der Waals surface area contributed by atoms with Gasteiger partial charge in [-0.1, -0.05) is 17.7 Å². The second-order valence-corrected chi connectivity index (χ2v) is 4.28. The molecule has 2 nitrogen and oxygen atoms in total. The van der Waals surface area contributed by atoms with Crippen LogP contribution in [0.3, 0.4) is 0 Å². The van der Waals surface area contributed by atoms with Crippen LogP contribution in [-0.4, -0.2) is 24.5 Å². The summed E-state index contributed by atoms with van der Waals surface area (Å²) in [5.74, 6) is -0.265. The summed E-state index contributed by atoms with van der Waals surface area (Å²) < 4.78 is 13.4. The molecule has 0 fully saturated rings. The first-order valence-electron chi connectivity index (χ1n) is 4.87. The summed E-state index contributed by atoms with van der Waals surface area (Å²) in [6, 6.07) is 4.79. The highest BCUT2D eigenvalue weighted by Crippen LogP contribution is 2.20. The molecule has 0 radical (unpaired) electrons. The summed E-state index contributed by atoms with van der Waals surface area (Å²) in [6.07, 6.45) is 0. The smallest absolute Gasteiger partial charge is 0.129 e. The van der Waals surface area contributed by atoms with Crippen LogP contribution in [0, 0.1) is 5.82 Å². The van der Waals surface area contributed by atoms with E-state index in [9.17, 15) is 4.39 Å². The molecular weight excluding hydrogens is 215 g/mol. The lowest BCUT2D eigenvalue weighted by Crippen LogP contribution is -2.32. The van der Waals surface area contributed by atoms with Gasteiger partial charge in [-0.15, -0.1) is 0 Å². The Morgan fingerprint density at radius 2 is 2.20 bits per heavy atom. The fourth-order valence-corrected chi connectivity index (χ4v) is 1.73. The van der Waals surface area contributed by atoms with E-state index in [4.69, 9.17) is 17.3 Å². The van der Waals surface area contributed by atoms with Crippen molar-refractivity contribution in [2.45, 2.75) is 19.5 Å². The summed E-state index contributed by atoms with van der Waals surface area (Å²) in [7, 11) is 1.89. The number of benzene rings is 1. The van der Waals surface area contributed by atoms with E-state index in [1.807, 2.05) is 18.9 Å². The van der Waals surface area contributed by atoms with Crippen molar-refractivity contribution in [3.05, 3.63) is 34.6 Å². The topological polar surface area (TPSA) is 29.3 Å². The summed E-state index contributed by atoms with van der Waals surface area (Å²) in [4.78, 5) is 1.95. The molecule has 1 aromatic rings. The van der Waals surface area contributed by atoms with Gasteiger partial charge in [0.2, 0.25) is 0 Å². The Hall–Kier alpha value is -0.640. The lowest BCUT2D eigenvalue weighted by atomic mass is 10.2. The highest BCUT2D eigenvalue weighted by atomic mass is 35.5. The predicted molar refractivity (Wildman–Crippen MR) is 61.4 cm³/mol. The van der Waals surface area contributed by atoms with E-state index in [2.05, 4.69) is 0 Å². The Morgan fingerprint density at radius 1 is 1.53 bits per heavy atom. The van der Waals surface area contributed by atoms with Crippen molar-refractivity contribution in [3.8, 4) is 0 Å². The third-order valence-corrected chi connectivity index (χ3v) is 2.44. The van der Waals surface area contributed by atoms with Gasteiger partial charge in [0.15, 0.2) is 0 Å². The lowest BCUT2D eigenvalue weighted by Gasteiger charge is -2.19. The summed E-state index contributed by atoms with van der Waals surface area (Å²) in [5.41, 5.74) is 6.18. The fourth-order valence-electron chi connectivity index (χ4n) is 1.51. The van der Waals surface area contributed by atoms with Gasteiger partial charge < -0.3 is 10.6 Å². The third kappa shape index (κ3) is 3.78. The number of hydrogen-bond donors (Lipinski definition) is 1. The van der Waals surface area contributed by atoms with Gasteiger partial charge >= 0.3 is 0 Å². The van der Waals surface area contributed by atoms with E-state index in [-0.39, 0.29) is 11.9 Å². The van der Waals surface area contributed by atoms with Crippen LogP contribution in [0.2, 0.25) is 5.02 Å². The van der Waals surface area contributed by atoms with Gasteiger partial charge in [-0.25, -0.2) is 4.39 Å². The minimum Gasteiger partial charge on any atom is -0.327 e.